The Hall–Kier alpha value is -2.28. The topological polar surface area (TPSA) is 98.7 Å². The Balaban J connectivity index is 1.88. The molecule has 3 rings (SSSR count). The van der Waals surface area contributed by atoms with Crippen LogP contribution in [-0.2, 0) is 0 Å². The molecule has 0 bridgehead atoms. The minimum atomic E-state index is -0.251. The van der Waals surface area contributed by atoms with Crippen LogP contribution in [0.15, 0.2) is 24.5 Å². The number of pyridine rings is 1. The molecule has 0 radical (unpaired) electrons. The van der Waals surface area contributed by atoms with Crippen LogP contribution in [0, 0.1) is 0 Å². The normalized spacial score (nSPS) is 15.3. The van der Waals surface area contributed by atoms with Gasteiger partial charge in [-0.05, 0) is 12.1 Å². The number of hydrogen-bond acceptors (Lipinski definition) is 6. The van der Waals surface area contributed by atoms with E-state index < -0.39 is 0 Å². The number of aromatic nitrogens is 4. The number of hydrogen-bond donors (Lipinski definition) is 2. The molecule has 2 aromatic rings. The van der Waals surface area contributed by atoms with E-state index in [4.69, 9.17) is 5.73 Å². The molecule has 2 aromatic heterocycles. The molecule has 0 saturated carbocycles. The fourth-order valence-electron chi connectivity index (χ4n) is 1.77. The third-order valence-electron chi connectivity index (χ3n) is 2.96. The molecule has 1 aliphatic rings. The lowest BCUT2D eigenvalue weighted by Crippen LogP contribution is -2.43. The molecular weight excluding hydrogens is 232 g/mol. The van der Waals surface area contributed by atoms with Gasteiger partial charge >= 0.3 is 0 Å². The SMILES string of the molecule is Nc1ncccc1C(=O)c1cn(C2CNC2)nn1. The molecule has 1 fully saturated rings. The molecule has 18 heavy (non-hydrogen) atoms. The molecule has 0 aromatic carbocycles. The third kappa shape index (κ3) is 1.74. The predicted octanol–water partition coefficient (Wildman–Crippen LogP) is -0.369. The van der Waals surface area contributed by atoms with Crippen molar-refractivity contribution in [3.63, 3.8) is 0 Å². The zero-order chi connectivity index (χ0) is 12.5. The lowest BCUT2D eigenvalue weighted by atomic mass is 10.1. The van der Waals surface area contributed by atoms with Gasteiger partial charge in [0.25, 0.3) is 0 Å². The summed E-state index contributed by atoms with van der Waals surface area (Å²) >= 11 is 0. The van der Waals surface area contributed by atoms with Crippen molar-refractivity contribution in [1.82, 2.24) is 25.3 Å². The minimum Gasteiger partial charge on any atom is -0.383 e. The predicted molar refractivity (Wildman–Crippen MR) is 64.0 cm³/mol. The highest BCUT2D eigenvalue weighted by Gasteiger charge is 2.22. The van der Waals surface area contributed by atoms with E-state index in [2.05, 4.69) is 20.6 Å². The monoisotopic (exact) mass is 244 g/mol. The lowest BCUT2D eigenvalue weighted by molar-refractivity contribution is 0.103. The summed E-state index contributed by atoms with van der Waals surface area (Å²) in [6.45, 7) is 1.71. The van der Waals surface area contributed by atoms with Gasteiger partial charge in [-0.2, -0.15) is 0 Å². The second-order valence-electron chi connectivity index (χ2n) is 4.16. The highest BCUT2D eigenvalue weighted by molar-refractivity contribution is 6.10. The number of anilines is 1. The second-order valence-corrected chi connectivity index (χ2v) is 4.16. The molecule has 0 unspecified atom stereocenters. The van der Waals surface area contributed by atoms with Gasteiger partial charge in [0.1, 0.15) is 5.82 Å². The van der Waals surface area contributed by atoms with E-state index in [1.54, 1.807) is 29.2 Å². The van der Waals surface area contributed by atoms with Crippen LogP contribution in [0.5, 0.6) is 0 Å². The maximum atomic E-state index is 12.2. The Kier molecular flexibility index (Phi) is 2.52. The number of carbonyl (C=O) groups excluding carboxylic acids is 1. The lowest BCUT2D eigenvalue weighted by Gasteiger charge is -2.26. The molecule has 1 saturated heterocycles. The highest BCUT2D eigenvalue weighted by atomic mass is 16.1. The molecule has 3 N–H and O–H groups in total. The summed E-state index contributed by atoms with van der Waals surface area (Å²) in [6, 6.07) is 3.59. The van der Waals surface area contributed by atoms with E-state index >= 15 is 0 Å². The standard InChI is InChI=1S/C11H12N6O/c12-11-8(2-1-3-14-11)10(18)9-6-17(16-15-9)7-4-13-5-7/h1-3,6-7,13H,4-5H2,(H2,12,14). The average molecular weight is 244 g/mol. The molecule has 0 aliphatic carbocycles. The number of nitrogens with two attached hydrogens (primary N) is 1. The van der Waals surface area contributed by atoms with Crippen LogP contribution >= 0.6 is 0 Å². The van der Waals surface area contributed by atoms with Gasteiger partial charge in [-0.3, -0.25) is 4.79 Å². The molecule has 7 nitrogen and oxygen atoms in total. The van der Waals surface area contributed by atoms with Crippen molar-refractivity contribution >= 4 is 11.6 Å². The molecule has 3 heterocycles. The average Bonchev–Trinajstić information content (AvgIpc) is 2.76. The fraction of sp³-hybridized carbons (Fsp3) is 0.273. The Morgan fingerprint density at radius 2 is 2.33 bits per heavy atom. The number of rotatable bonds is 3. The van der Waals surface area contributed by atoms with Gasteiger partial charge in [-0.25, -0.2) is 9.67 Å². The quantitative estimate of drug-likeness (QED) is 0.715. The van der Waals surface area contributed by atoms with Gasteiger partial charge in [0.2, 0.25) is 5.78 Å². The van der Waals surface area contributed by atoms with Crippen molar-refractivity contribution in [3.05, 3.63) is 35.8 Å². The van der Waals surface area contributed by atoms with E-state index in [-0.39, 0.29) is 17.6 Å². The Morgan fingerprint density at radius 3 is 3.00 bits per heavy atom. The van der Waals surface area contributed by atoms with Crippen molar-refractivity contribution in [2.24, 2.45) is 0 Å². The van der Waals surface area contributed by atoms with Crippen LogP contribution in [-0.4, -0.2) is 38.9 Å². The summed E-state index contributed by atoms with van der Waals surface area (Å²) in [5.74, 6) is -0.0403. The Bertz CT molecular complexity index is 589. The van der Waals surface area contributed by atoms with Crippen LogP contribution in [0.1, 0.15) is 22.1 Å². The molecule has 0 amide bonds. The second kappa shape index (κ2) is 4.19. The maximum Gasteiger partial charge on any atom is 0.218 e. The Morgan fingerprint density at radius 1 is 1.50 bits per heavy atom. The summed E-state index contributed by atoms with van der Waals surface area (Å²) in [4.78, 5) is 16.0. The smallest absolute Gasteiger partial charge is 0.218 e. The van der Waals surface area contributed by atoms with Crippen LogP contribution in [0.25, 0.3) is 0 Å². The van der Waals surface area contributed by atoms with E-state index in [0.29, 0.717) is 11.3 Å². The van der Waals surface area contributed by atoms with Crippen molar-refractivity contribution in [2.75, 3.05) is 18.8 Å². The number of nitrogen functional groups attached to an aromatic ring is 1. The summed E-state index contributed by atoms with van der Waals surface area (Å²) in [6.07, 6.45) is 3.20. The van der Waals surface area contributed by atoms with E-state index in [1.165, 1.54) is 0 Å². The zero-order valence-corrected chi connectivity index (χ0v) is 9.58. The molecular formula is C11H12N6O. The van der Waals surface area contributed by atoms with Gasteiger partial charge in [-0.1, -0.05) is 5.21 Å². The summed E-state index contributed by atoms with van der Waals surface area (Å²) in [5, 5.41) is 11.0. The molecule has 0 spiro atoms. The van der Waals surface area contributed by atoms with Gasteiger partial charge in [-0.15, -0.1) is 5.10 Å². The first-order chi connectivity index (χ1) is 8.75. The largest absolute Gasteiger partial charge is 0.383 e. The van der Waals surface area contributed by atoms with Crippen molar-refractivity contribution < 1.29 is 4.79 Å². The van der Waals surface area contributed by atoms with Crippen LogP contribution in [0.2, 0.25) is 0 Å². The van der Waals surface area contributed by atoms with Gasteiger partial charge < -0.3 is 11.1 Å². The first kappa shape index (κ1) is 10.8. The molecule has 0 atom stereocenters. The third-order valence-corrected chi connectivity index (χ3v) is 2.96. The first-order valence-electron chi connectivity index (χ1n) is 5.63. The number of carbonyl (C=O) groups is 1. The number of nitrogens with zero attached hydrogens (tertiary/aromatic N) is 4. The minimum absolute atomic E-state index is 0.211. The molecule has 7 heteroatoms. The zero-order valence-electron chi connectivity index (χ0n) is 9.58. The van der Waals surface area contributed by atoms with Crippen molar-refractivity contribution in [3.8, 4) is 0 Å². The van der Waals surface area contributed by atoms with Crippen molar-refractivity contribution in [1.29, 1.82) is 0 Å². The van der Waals surface area contributed by atoms with Gasteiger partial charge in [0.05, 0.1) is 17.8 Å². The summed E-state index contributed by atoms with van der Waals surface area (Å²) in [7, 11) is 0. The summed E-state index contributed by atoms with van der Waals surface area (Å²) < 4.78 is 1.70. The van der Waals surface area contributed by atoms with Gasteiger partial charge in [0.15, 0.2) is 5.69 Å². The van der Waals surface area contributed by atoms with Crippen LogP contribution < -0.4 is 11.1 Å². The summed E-state index contributed by atoms with van der Waals surface area (Å²) in [5.41, 5.74) is 6.32. The van der Waals surface area contributed by atoms with Crippen LogP contribution in [0.4, 0.5) is 5.82 Å². The van der Waals surface area contributed by atoms with Crippen molar-refractivity contribution in [2.45, 2.75) is 6.04 Å². The Labute approximate surface area is 103 Å². The number of nitrogens with one attached hydrogen (secondary N) is 1. The molecule has 92 valence electrons. The highest BCUT2D eigenvalue weighted by Crippen LogP contribution is 2.14. The first-order valence-corrected chi connectivity index (χ1v) is 5.63. The van der Waals surface area contributed by atoms with E-state index in [1.807, 2.05) is 0 Å². The van der Waals surface area contributed by atoms with E-state index in [0.717, 1.165) is 13.1 Å². The fourth-order valence-corrected chi connectivity index (χ4v) is 1.77. The van der Waals surface area contributed by atoms with Gasteiger partial charge in [0, 0.05) is 19.3 Å². The number of ketones is 1. The van der Waals surface area contributed by atoms with E-state index in [9.17, 15) is 4.79 Å². The maximum absolute atomic E-state index is 12.2. The van der Waals surface area contributed by atoms with Crippen LogP contribution in [0.3, 0.4) is 0 Å². The molecule has 1 aliphatic heterocycles.